The van der Waals surface area contributed by atoms with Crippen molar-refractivity contribution in [2.75, 3.05) is 29.9 Å². The third-order valence-electron chi connectivity index (χ3n) is 7.47. The molecule has 3 unspecified atom stereocenters. The van der Waals surface area contributed by atoms with E-state index in [4.69, 9.17) is 9.57 Å². The Hall–Kier alpha value is -4.24. The maximum absolute atomic E-state index is 13.4. The van der Waals surface area contributed by atoms with Gasteiger partial charge in [-0.05, 0) is 56.5 Å². The highest BCUT2D eigenvalue weighted by atomic mass is 32.2. The number of aryl methyl sites for hydroxylation is 1. The SMILES string of the molecule is CC(C)(C)OC(=O)NCCCn1nnnc1SCC1(C(=O)O)CS[C@@H]2C(NC(=O)C(=NOC3C=CCC3)c3csc(NC=O)n3)C(=O)N2C1. The molecule has 2 fully saturated rings. The van der Waals surface area contributed by atoms with Crippen LogP contribution in [-0.4, -0.2) is 119 Å². The second kappa shape index (κ2) is 15.5. The van der Waals surface area contributed by atoms with Crippen molar-refractivity contribution in [3.8, 4) is 0 Å². The molecule has 49 heavy (non-hydrogen) atoms. The molecular formula is C28H36N10O8S3. The number of alkyl carbamates (subject to hydrolysis) is 1. The van der Waals surface area contributed by atoms with Crippen LogP contribution in [0.25, 0.3) is 0 Å². The second-order valence-corrected chi connectivity index (χ2v) is 15.3. The van der Waals surface area contributed by atoms with Crippen LogP contribution in [0.2, 0.25) is 0 Å². The monoisotopic (exact) mass is 736 g/mol. The first-order valence-electron chi connectivity index (χ1n) is 15.3. The summed E-state index contributed by atoms with van der Waals surface area (Å²) in [5, 5.41) is 35.6. The van der Waals surface area contributed by atoms with Crippen LogP contribution in [0.15, 0.2) is 27.8 Å². The topological polar surface area (TPSA) is 232 Å². The zero-order valence-corrected chi connectivity index (χ0v) is 29.3. The lowest BCUT2D eigenvalue weighted by Gasteiger charge is -2.53. The number of rotatable bonds is 15. The first kappa shape index (κ1) is 36.1. The molecule has 2 aromatic heterocycles. The number of carbonyl (C=O) groups is 5. The van der Waals surface area contributed by atoms with Crippen LogP contribution in [0.1, 0.15) is 45.7 Å². The number of allylic oxidation sites excluding steroid dienone is 1. The van der Waals surface area contributed by atoms with Crippen molar-refractivity contribution in [3.05, 3.63) is 23.2 Å². The number of carboxylic acid groups (broad SMARTS) is 1. The number of hydrogen-bond donors (Lipinski definition) is 4. The summed E-state index contributed by atoms with van der Waals surface area (Å²) in [6.45, 7) is 5.95. The number of hydrogen-bond acceptors (Lipinski definition) is 15. The van der Waals surface area contributed by atoms with Gasteiger partial charge in [0.05, 0.1) is 0 Å². The Morgan fingerprint density at radius 3 is 2.84 bits per heavy atom. The highest BCUT2D eigenvalue weighted by Crippen LogP contribution is 2.44. The van der Waals surface area contributed by atoms with E-state index in [-0.39, 0.29) is 40.7 Å². The zero-order chi connectivity index (χ0) is 35.2. The fourth-order valence-electron chi connectivity index (χ4n) is 5.01. The Kier molecular flexibility index (Phi) is 11.4. The number of thiazole rings is 1. The predicted molar refractivity (Wildman–Crippen MR) is 179 cm³/mol. The van der Waals surface area contributed by atoms with Crippen LogP contribution in [0, 0.1) is 5.41 Å². The molecule has 4 amide bonds. The van der Waals surface area contributed by atoms with Gasteiger partial charge in [0.2, 0.25) is 17.5 Å². The number of carboxylic acids is 1. The molecule has 18 nitrogen and oxygen atoms in total. The Morgan fingerprint density at radius 2 is 2.12 bits per heavy atom. The normalized spacial score (nSPS) is 23.3. The molecule has 0 aromatic carbocycles. The van der Waals surface area contributed by atoms with Crippen LogP contribution in [0.5, 0.6) is 0 Å². The molecule has 0 bridgehead atoms. The molecule has 0 radical (unpaired) electrons. The lowest BCUT2D eigenvalue weighted by molar-refractivity contribution is -0.157. The lowest BCUT2D eigenvalue weighted by Crippen LogP contribution is -2.74. The molecule has 3 aliphatic rings. The Bertz CT molecular complexity index is 1620. The van der Waals surface area contributed by atoms with E-state index in [0.717, 1.165) is 17.8 Å². The maximum Gasteiger partial charge on any atom is 0.407 e. The molecule has 2 aromatic rings. The highest BCUT2D eigenvalue weighted by molar-refractivity contribution is 8.00. The third-order valence-corrected chi connectivity index (χ3v) is 11.1. The first-order chi connectivity index (χ1) is 23.4. The molecule has 0 saturated carbocycles. The van der Waals surface area contributed by atoms with Crippen molar-refractivity contribution >= 4 is 76.0 Å². The highest BCUT2D eigenvalue weighted by Gasteiger charge is 2.57. The quantitative estimate of drug-likeness (QED) is 0.0384. The summed E-state index contributed by atoms with van der Waals surface area (Å²) >= 11 is 3.52. The molecule has 4 heterocycles. The fraction of sp³-hybridized carbons (Fsp3) is 0.571. The van der Waals surface area contributed by atoms with Gasteiger partial charge in [-0.15, -0.1) is 28.2 Å². The minimum atomic E-state index is -1.30. The smallest absolute Gasteiger partial charge is 0.407 e. The Balaban J connectivity index is 1.17. The summed E-state index contributed by atoms with van der Waals surface area (Å²) < 4.78 is 6.75. The minimum Gasteiger partial charge on any atom is -0.481 e. The molecule has 2 saturated heterocycles. The number of oxime groups is 1. The van der Waals surface area contributed by atoms with E-state index in [1.165, 1.54) is 33.1 Å². The molecule has 5 rings (SSSR count). The summed E-state index contributed by atoms with van der Waals surface area (Å²) in [6.07, 6.45) is 5.44. The molecule has 1 aliphatic carbocycles. The summed E-state index contributed by atoms with van der Waals surface area (Å²) in [4.78, 5) is 73.3. The molecular weight excluding hydrogens is 701 g/mol. The number of nitrogens with zero attached hydrogens (tertiary/aromatic N) is 7. The van der Waals surface area contributed by atoms with Crippen LogP contribution < -0.4 is 16.0 Å². The van der Waals surface area contributed by atoms with Crippen molar-refractivity contribution < 1.29 is 38.7 Å². The van der Waals surface area contributed by atoms with Crippen LogP contribution >= 0.6 is 34.9 Å². The number of β-lactam (4-membered cyclic amide) rings is 1. The minimum absolute atomic E-state index is 0.0650. The van der Waals surface area contributed by atoms with Crippen LogP contribution in [0.4, 0.5) is 9.93 Å². The van der Waals surface area contributed by atoms with Crippen molar-refractivity contribution in [3.63, 3.8) is 0 Å². The van der Waals surface area contributed by atoms with Gasteiger partial charge in [-0.3, -0.25) is 19.2 Å². The number of fused-ring (bicyclic) bond motifs is 1. The van der Waals surface area contributed by atoms with Gasteiger partial charge in [-0.1, -0.05) is 23.0 Å². The van der Waals surface area contributed by atoms with E-state index < -0.39 is 46.3 Å². The number of nitrogens with one attached hydrogen (secondary N) is 3. The average molecular weight is 737 g/mol. The number of anilines is 1. The van der Waals surface area contributed by atoms with Gasteiger partial charge in [0, 0.05) is 36.5 Å². The van der Waals surface area contributed by atoms with Crippen molar-refractivity contribution in [1.29, 1.82) is 0 Å². The Labute approximate surface area is 293 Å². The van der Waals surface area contributed by atoms with Gasteiger partial charge < -0.3 is 35.5 Å². The number of tetrazole rings is 1. The van der Waals surface area contributed by atoms with E-state index in [9.17, 15) is 29.1 Å². The van der Waals surface area contributed by atoms with E-state index in [0.29, 0.717) is 37.5 Å². The molecule has 4 atom stereocenters. The number of aromatic nitrogens is 5. The largest absolute Gasteiger partial charge is 0.481 e. The molecule has 0 spiro atoms. The van der Waals surface area contributed by atoms with E-state index in [1.807, 2.05) is 12.2 Å². The zero-order valence-electron chi connectivity index (χ0n) is 26.9. The van der Waals surface area contributed by atoms with Gasteiger partial charge in [-0.25, -0.2) is 14.5 Å². The third kappa shape index (κ3) is 8.87. The first-order valence-corrected chi connectivity index (χ1v) is 18.2. The van der Waals surface area contributed by atoms with Gasteiger partial charge in [0.1, 0.15) is 34.2 Å². The van der Waals surface area contributed by atoms with Crippen molar-refractivity contribution in [2.45, 2.75) is 74.9 Å². The van der Waals surface area contributed by atoms with E-state index in [2.05, 4.69) is 41.6 Å². The molecule has 4 N–H and O–H groups in total. The van der Waals surface area contributed by atoms with Crippen molar-refractivity contribution in [2.24, 2.45) is 10.6 Å². The van der Waals surface area contributed by atoms with Gasteiger partial charge in [0.25, 0.3) is 5.91 Å². The molecule has 2 aliphatic heterocycles. The molecule has 264 valence electrons. The summed E-state index contributed by atoms with van der Waals surface area (Å²) in [5.74, 6) is -1.93. The second-order valence-electron chi connectivity index (χ2n) is 12.3. The lowest BCUT2D eigenvalue weighted by atomic mass is 9.89. The number of thioether (sulfide) groups is 2. The fourth-order valence-corrected chi connectivity index (χ4v) is 8.43. The average Bonchev–Trinajstić information content (AvgIpc) is 3.83. The Morgan fingerprint density at radius 1 is 1.31 bits per heavy atom. The van der Waals surface area contributed by atoms with Gasteiger partial charge >= 0.3 is 12.1 Å². The number of ether oxygens (including phenoxy) is 1. The molecule has 21 heteroatoms. The van der Waals surface area contributed by atoms with Crippen LogP contribution in [-0.2, 0) is 35.3 Å². The number of amides is 4. The van der Waals surface area contributed by atoms with Crippen LogP contribution in [0.3, 0.4) is 0 Å². The van der Waals surface area contributed by atoms with E-state index in [1.54, 1.807) is 26.2 Å². The van der Waals surface area contributed by atoms with Crippen molar-refractivity contribution in [1.82, 2.24) is 40.7 Å². The summed E-state index contributed by atoms with van der Waals surface area (Å²) in [5.41, 5.74) is -1.90. The number of aliphatic carboxylic acids is 1. The predicted octanol–water partition coefficient (Wildman–Crippen LogP) is 1.32. The number of carbonyl (C=O) groups excluding carboxylic acids is 4. The van der Waals surface area contributed by atoms with Gasteiger partial charge in [-0.2, -0.15) is 0 Å². The maximum atomic E-state index is 13.4. The summed E-state index contributed by atoms with van der Waals surface area (Å²) in [6, 6.07) is -0.915. The van der Waals surface area contributed by atoms with E-state index >= 15 is 0 Å². The van der Waals surface area contributed by atoms with Gasteiger partial charge in [0.15, 0.2) is 10.8 Å². The standard InChI is InChI=1S/C28H36N10O8S3/c1-27(2,3)45-26(44)29-9-6-10-38-25(33-35-36-38)49-14-28(23(42)43)12-37-21(41)19(22(37)48-13-28)32-20(40)18(34-46-16-7-4-5-8-16)17-11-47-24(31-17)30-15-39/h4,7,11,15-16,19,22H,5-6,8-10,12-14H2,1-3H3,(H,29,44)(H,32,40)(H,42,43)(H,30,31,39)/t16?,19?,22-,28?/m1/s1. The summed E-state index contributed by atoms with van der Waals surface area (Å²) in [7, 11) is 0.